The van der Waals surface area contributed by atoms with Crippen molar-refractivity contribution in [2.75, 3.05) is 13.2 Å². The molecule has 7 heteroatoms. The molecule has 4 rings (SSSR count). The summed E-state index contributed by atoms with van der Waals surface area (Å²) in [7, 11) is 0. The second kappa shape index (κ2) is 4.21. The van der Waals surface area contributed by atoms with E-state index in [0.717, 1.165) is 31.6 Å². The molecule has 1 aromatic carbocycles. The molecular weight excluding hydrogens is 330 g/mol. The highest BCUT2D eigenvalue weighted by Gasteiger charge is 2.14. The van der Waals surface area contributed by atoms with Gasteiger partial charge in [0.1, 0.15) is 13.2 Å². The molecule has 5 nitrogen and oxygen atoms in total. The van der Waals surface area contributed by atoms with Crippen LogP contribution in [0.5, 0.6) is 11.5 Å². The lowest BCUT2D eigenvalue weighted by Crippen LogP contribution is -2.15. The zero-order valence-electron chi connectivity index (χ0n) is 9.67. The molecule has 0 unspecified atom stereocenters. The van der Waals surface area contributed by atoms with Gasteiger partial charge in [-0.2, -0.15) is 0 Å². The Labute approximate surface area is 120 Å². The number of nitrogens with zero attached hydrogens (tertiary/aromatic N) is 3. The van der Waals surface area contributed by atoms with Gasteiger partial charge in [0.15, 0.2) is 15.4 Å². The highest BCUT2D eigenvalue weighted by Crippen LogP contribution is 2.34. The lowest BCUT2D eigenvalue weighted by molar-refractivity contribution is 0.171. The summed E-state index contributed by atoms with van der Waals surface area (Å²) in [5.74, 6) is 1.56. The minimum absolute atomic E-state index is 0.587. The number of hydrogen-bond acceptors (Lipinski definition) is 5. The van der Waals surface area contributed by atoms with Crippen LogP contribution in [0.25, 0.3) is 16.2 Å². The van der Waals surface area contributed by atoms with Crippen molar-refractivity contribution < 1.29 is 9.47 Å². The van der Waals surface area contributed by atoms with E-state index in [1.54, 1.807) is 4.52 Å². The molecule has 0 N–H and O–H groups in total. The van der Waals surface area contributed by atoms with Gasteiger partial charge in [0.25, 0.3) is 0 Å². The normalized spacial score (nSPS) is 13.9. The number of fused-ring (bicyclic) bond motifs is 2. The third kappa shape index (κ3) is 1.89. The average molecular weight is 338 g/mol. The van der Waals surface area contributed by atoms with Gasteiger partial charge >= 0.3 is 0 Å². The lowest BCUT2D eigenvalue weighted by atomic mass is 10.1. The first-order chi connectivity index (χ1) is 9.29. The van der Waals surface area contributed by atoms with Gasteiger partial charge in [0.2, 0.25) is 4.96 Å². The molecule has 0 fully saturated rings. The minimum atomic E-state index is 0.587. The molecule has 19 heavy (non-hydrogen) atoms. The summed E-state index contributed by atoms with van der Waals surface area (Å²) in [6, 6.07) is 5.85. The molecule has 1 aliphatic heterocycles. The summed E-state index contributed by atoms with van der Waals surface area (Å²) in [6.45, 7) is 1.19. The number of ether oxygens (including phenoxy) is 2. The molecule has 0 atom stereocenters. The van der Waals surface area contributed by atoms with E-state index in [2.05, 4.69) is 26.0 Å². The number of benzene rings is 1. The molecule has 0 saturated carbocycles. The van der Waals surface area contributed by atoms with E-state index >= 15 is 0 Å². The standard InChI is InChI=1S/C12H8BrN3O2S/c13-11-15-16-6-8(14-12(16)19-11)7-1-2-9-10(5-7)18-4-3-17-9/h1-2,5-6H,3-4H2. The van der Waals surface area contributed by atoms with Crippen LogP contribution >= 0.6 is 27.3 Å². The first kappa shape index (κ1) is 11.2. The van der Waals surface area contributed by atoms with Gasteiger partial charge in [-0.1, -0.05) is 11.3 Å². The number of aromatic nitrogens is 3. The summed E-state index contributed by atoms with van der Waals surface area (Å²) in [6.07, 6.45) is 1.90. The number of hydrogen-bond donors (Lipinski definition) is 0. The smallest absolute Gasteiger partial charge is 0.213 e. The molecule has 96 valence electrons. The Morgan fingerprint density at radius 3 is 2.89 bits per heavy atom. The fraction of sp³-hybridized carbons (Fsp3) is 0.167. The van der Waals surface area contributed by atoms with Gasteiger partial charge < -0.3 is 9.47 Å². The zero-order chi connectivity index (χ0) is 12.8. The van der Waals surface area contributed by atoms with Crippen molar-refractivity contribution in [2.45, 2.75) is 0 Å². The number of rotatable bonds is 1. The van der Waals surface area contributed by atoms with Gasteiger partial charge in [-0.15, -0.1) is 5.10 Å². The van der Waals surface area contributed by atoms with Crippen molar-refractivity contribution in [1.29, 1.82) is 0 Å². The van der Waals surface area contributed by atoms with Crippen LogP contribution in [-0.2, 0) is 0 Å². The van der Waals surface area contributed by atoms with Crippen LogP contribution in [0.3, 0.4) is 0 Å². The van der Waals surface area contributed by atoms with Gasteiger partial charge in [-0.05, 0) is 34.1 Å². The Hall–Kier alpha value is -1.60. The van der Waals surface area contributed by atoms with E-state index < -0.39 is 0 Å². The van der Waals surface area contributed by atoms with Crippen molar-refractivity contribution in [2.24, 2.45) is 0 Å². The Kier molecular flexibility index (Phi) is 2.49. The maximum absolute atomic E-state index is 5.58. The Balaban J connectivity index is 1.80. The third-order valence-corrected chi connectivity index (χ3v) is 4.21. The maximum atomic E-state index is 5.58. The summed E-state index contributed by atoms with van der Waals surface area (Å²) >= 11 is 4.84. The van der Waals surface area contributed by atoms with Gasteiger partial charge in [0.05, 0.1) is 11.9 Å². The van der Waals surface area contributed by atoms with E-state index in [0.29, 0.717) is 13.2 Å². The molecule has 0 bridgehead atoms. The van der Waals surface area contributed by atoms with Gasteiger partial charge in [-0.25, -0.2) is 9.50 Å². The quantitative estimate of drug-likeness (QED) is 0.684. The van der Waals surface area contributed by atoms with Crippen LogP contribution in [0.1, 0.15) is 0 Å². The SMILES string of the molecule is Brc1nn2cc(-c3ccc4c(c3)OCCO4)nc2s1. The van der Waals surface area contributed by atoms with E-state index in [1.807, 2.05) is 24.4 Å². The molecule has 3 aromatic rings. The molecule has 0 aliphatic carbocycles. The zero-order valence-corrected chi connectivity index (χ0v) is 12.1. The van der Waals surface area contributed by atoms with Gasteiger partial charge in [0, 0.05) is 5.56 Å². The predicted molar refractivity (Wildman–Crippen MR) is 75.0 cm³/mol. The number of imidazole rings is 1. The molecule has 0 radical (unpaired) electrons. The van der Waals surface area contributed by atoms with E-state index in [1.165, 1.54) is 11.3 Å². The van der Waals surface area contributed by atoms with Crippen LogP contribution in [0, 0.1) is 0 Å². The van der Waals surface area contributed by atoms with Crippen LogP contribution in [0.4, 0.5) is 0 Å². The van der Waals surface area contributed by atoms with E-state index in [-0.39, 0.29) is 0 Å². The summed E-state index contributed by atoms with van der Waals surface area (Å²) < 4.78 is 13.7. The Bertz CT molecular complexity index is 736. The van der Waals surface area contributed by atoms with E-state index in [9.17, 15) is 0 Å². The minimum Gasteiger partial charge on any atom is -0.486 e. The molecule has 3 heterocycles. The van der Waals surface area contributed by atoms with Crippen molar-refractivity contribution in [1.82, 2.24) is 14.6 Å². The fourth-order valence-electron chi connectivity index (χ4n) is 2.02. The first-order valence-corrected chi connectivity index (χ1v) is 7.32. The number of halogens is 1. The Morgan fingerprint density at radius 1 is 1.21 bits per heavy atom. The topological polar surface area (TPSA) is 48.7 Å². The first-order valence-electron chi connectivity index (χ1n) is 5.71. The largest absolute Gasteiger partial charge is 0.486 e. The molecular formula is C12H8BrN3O2S. The molecule has 2 aromatic heterocycles. The van der Waals surface area contributed by atoms with Crippen LogP contribution in [0.2, 0.25) is 0 Å². The molecule has 0 amide bonds. The predicted octanol–water partition coefficient (Wildman–Crippen LogP) is 2.99. The molecule has 1 aliphatic rings. The van der Waals surface area contributed by atoms with Crippen LogP contribution in [0.15, 0.2) is 28.3 Å². The highest BCUT2D eigenvalue weighted by molar-refractivity contribution is 9.11. The molecule has 0 spiro atoms. The van der Waals surface area contributed by atoms with Crippen LogP contribution < -0.4 is 9.47 Å². The summed E-state index contributed by atoms with van der Waals surface area (Å²) in [4.78, 5) is 5.40. The highest BCUT2D eigenvalue weighted by atomic mass is 79.9. The lowest BCUT2D eigenvalue weighted by Gasteiger charge is -2.18. The second-order valence-corrected chi connectivity index (χ2v) is 6.30. The summed E-state index contributed by atoms with van der Waals surface area (Å²) in [5.41, 5.74) is 1.88. The third-order valence-electron chi connectivity index (χ3n) is 2.86. The fourth-order valence-corrected chi connectivity index (χ4v) is 3.23. The van der Waals surface area contributed by atoms with Crippen molar-refractivity contribution in [3.05, 3.63) is 28.3 Å². The summed E-state index contributed by atoms with van der Waals surface area (Å²) in [5, 5.41) is 4.28. The second-order valence-electron chi connectivity index (χ2n) is 4.07. The van der Waals surface area contributed by atoms with Crippen molar-refractivity contribution in [3.63, 3.8) is 0 Å². The maximum Gasteiger partial charge on any atom is 0.213 e. The van der Waals surface area contributed by atoms with Crippen LogP contribution in [-0.4, -0.2) is 27.8 Å². The monoisotopic (exact) mass is 337 g/mol. The van der Waals surface area contributed by atoms with Crippen molar-refractivity contribution in [3.8, 4) is 22.8 Å². The molecule has 0 saturated heterocycles. The van der Waals surface area contributed by atoms with Gasteiger partial charge in [-0.3, -0.25) is 0 Å². The van der Waals surface area contributed by atoms with Crippen molar-refractivity contribution >= 4 is 32.2 Å². The van der Waals surface area contributed by atoms with E-state index in [4.69, 9.17) is 9.47 Å². The average Bonchev–Trinajstić information content (AvgIpc) is 2.95. The Morgan fingerprint density at radius 2 is 2.05 bits per heavy atom.